The van der Waals surface area contributed by atoms with Crippen LogP contribution in [-0.2, 0) is 16.1 Å². The summed E-state index contributed by atoms with van der Waals surface area (Å²) in [5.74, 6) is -0.392. The highest BCUT2D eigenvalue weighted by Crippen LogP contribution is 2.09. The van der Waals surface area contributed by atoms with Crippen LogP contribution in [0.4, 0.5) is 0 Å². The molecule has 1 aromatic carbocycles. The zero-order chi connectivity index (χ0) is 16.7. The van der Waals surface area contributed by atoms with Crippen molar-refractivity contribution in [2.24, 2.45) is 0 Å². The summed E-state index contributed by atoms with van der Waals surface area (Å²) in [6.07, 6.45) is 3.17. The van der Waals surface area contributed by atoms with E-state index >= 15 is 0 Å². The maximum atomic E-state index is 12.3. The smallest absolute Gasteiger partial charge is 0.244 e. The molecule has 0 saturated carbocycles. The maximum Gasteiger partial charge on any atom is 0.244 e. The van der Waals surface area contributed by atoms with Crippen molar-refractivity contribution in [1.29, 1.82) is 0 Å². The summed E-state index contributed by atoms with van der Waals surface area (Å²) in [5.41, 5.74) is 2.03. The number of rotatable bonds is 6. The second-order valence-corrected chi connectivity index (χ2v) is 6.08. The van der Waals surface area contributed by atoms with Gasteiger partial charge >= 0.3 is 0 Å². The number of amides is 2. The molecule has 0 aliphatic rings. The summed E-state index contributed by atoms with van der Waals surface area (Å²) in [4.78, 5) is 25.8. The molecule has 1 unspecified atom stereocenters. The fourth-order valence-electron chi connectivity index (χ4n) is 2.12. The Bertz CT molecular complexity index is 666. The molecule has 0 fully saturated rings. The molecule has 0 aliphatic heterocycles. The maximum absolute atomic E-state index is 12.3. The minimum atomic E-state index is -0.563. The summed E-state index contributed by atoms with van der Waals surface area (Å²) in [5, 5.41) is 6.69. The van der Waals surface area contributed by atoms with E-state index in [-0.39, 0.29) is 11.8 Å². The van der Waals surface area contributed by atoms with Crippen LogP contribution in [0.3, 0.4) is 0 Å². The lowest BCUT2D eigenvalue weighted by Crippen LogP contribution is -2.44. The highest BCUT2D eigenvalue weighted by Gasteiger charge is 2.18. The van der Waals surface area contributed by atoms with Crippen molar-refractivity contribution in [3.63, 3.8) is 0 Å². The Morgan fingerprint density at radius 3 is 2.65 bits per heavy atom. The zero-order valence-electron chi connectivity index (χ0n) is 13.2. The minimum absolute atomic E-state index is 0.113. The van der Waals surface area contributed by atoms with Crippen molar-refractivity contribution < 1.29 is 9.59 Å². The number of thiophene rings is 1. The first-order valence-corrected chi connectivity index (χ1v) is 8.30. The van der Waals surface area contributed by atoms with Crippen LogP contribution in [0.2, 0.25) is 0 Å². The molecule has 0 bridgehead atoms. The number of benzene rings is 1. The molecule has 120 valence electrons. The summed E-state index contributed by atoms with van der Waals surface area (Å²) < 4.78 is 0. The number of hydrogen-bond donors (Lipinski definition) is 1. The molecule has 2 aromatic rings. The Morgan fingerprint density at radius 1 is 1.26 bits per heavy atom. The van der Waals surface area contributed by atoms with Crippen molar-refractivity contribution in [2.45, 2.75) is 19.5 Å². The number of carbonyl (C=O) groups is 2. The Balaban J connectivity index is 1.85. The lowest BCUT2D eigenvalue weighted by atomic mass is 10.2. The van der Waals surface area contributed by atoms with Crippen LogP contribution in [0.25, 0.3) is 6.08 Å². The molecule has 1 atom stereocenters. The third kappa shape index (κ3) is 5.38. The summed E-state index contributed by atoms with van der Waals surface area (Å²) in [6, 6.07) is 11.0. The predicted octanol–water partition coefficient (Wildman–Crippen LogP) is 2.92. The van der Waals surface area contributed by atoms with Gasteiger partial charge in [0.15, 0.2) is 0 Å². The van der Waals surface area contributed by atoms with E-state index in [1.165, 1.54) is 6.08 Å². The van der Waals surface area contributed by atoms with E-state index in [1.54, 1.807) is 36.3 Å². The summed E-state index contributed by atoms with van der Waals surface area (Å²) >= 11 is 1.60. The molecule has 23 heavy (non-hydrogen) atoms. The van der Waals surface area contributed by atoms with Gasteiger partial charge < -0.3 is 10.2 Å². The van der Waals surface area contributed by atoms with Crippen LogP contribution in [0.1, 0.15) is 18.1 Å². The molecule has 2 rings (SSSR count). The van der Waals surface area contributed by atoms with E-state index in [0.717, 1.165) is 11.1 Å². The number of likely N-dealkylation sites (N-methyl/N-ethyl adjacent to an activating group) is 1. The zero-order valence-corrected chi connectivity index (χ0v) is 14.0. The second kappa shape index (κ2) is 8.29. The number of nitrogens with zero attached hydrogens (tertiary/aromatic N) is 1. The molecular formula is C18H20N2O2S. The first kappa shape index (κ1) is 17.0. The molecule has 2 amide bonds. The molecule has 0 saturated heterocycles. The van der Waals surface area contributed by atoms with E-state index < -0.39 is 6.04 Å². The van der Waals surface area contributed by atoms with Crippen LogP contribution in [-0.4, -0.2) is 29.8 Å². The van der Waals surface area contributed by atoms with Gasteiger partial charge in [-0.25, -0.2) is 0 Å². The standard InChI is InChI=1S/C18H20N2O2S/c1-14(18(22)20(2)12-16-10-11-23-13-16)19-17(21)9-8-15-6-4-3-5-7-15/h3-11,13-14H,12H2,1-2H3,(H,19,21)/b9-8+. The van der Waals surface area contributed by atoms with Gasteiger partial charge in [-0.1, -0.05) is 30.3 Å². The highest BCUT2D eigenvalue weighted by atomic mass is 32.1. The van der Waals surface area contributed by atoms with Gasteiger partial charge in [0.25, 0.3) is 0 Å². The van der Waals surface area contributed by atoms with E-state index in [1.807, 2.05) is 47.2 Å². The normalized spacial score (nSPS) is 12.1. The Labute approximate surface area is 140 Å². The van der Waals surface area contributed by atoms with Gasteiger partial charge in [-0.15, -0.1) is 0 Å². The molecule has 0 spiro atoms. The number of nitrogens with one attached hydrogen (secondary N) is 1. The molecule has 0 radical (unpaired) electrons. The van der Waals surface area contributed by atoms with Crippen LogP contribution < -0.4 is 5.32 Å². The number of hydrogen-bond acceptors (Lipinski definition) is 3. The van der Waals surface area contributed by atoms with Gasteiger partial charge in [-0.3, -0.25) is 9.59 Å². The van der Waals surface area contributed by atoms with Crippen molar-refractivity contribution >= 4 is 29.2 Å². The Hall–Kier alpha value is -2.40. The lowest BCUT2D eigenvalue weighted by Gasteiger charge is -2.21. The SMILES string of the molecule is CC(NC(=O)/C=C/c1ccccc1)C(=O)N(C)Cc1ccsc1. The van der Waals surface area contributed by atoms with Gasteiger partial charge in [0.2, 0.25) is 11.8 Å². The minimum Gasteiger partial charge on any atom is -0.341 e. The van der Waals surface area contributed by atoms with Gasteiger partial charge in [0, 0.05) is 19.7 Å². The molecule has 0 aliphatic carbocycles. The Morgan fingerprint density at radius 2 is 2.00 bits per heavy atom. The van der Waals surface area contributed by atoms with E-state index in [4.69, 9.17) is 0 Å². The Kier molecular flexibility index (Phi) is 6.11. The van der Waals surface area contributed by atoms with E-state index in [2.05, 4.69) is 5.32 Å². The van der Waals surface area contributed by atoms with Gasteiger partial charge in [-0.05, 0) is 41.0 Å². The molecule has 1 heterocycles. The average Bonchev–Trinajstić information content (AvgIpc) is 3.06. The van der Waals surface area contributed by atoms with Crippen molar-refractivity contribution in [3.05, 3.63) is 64.4 Å². The molecule has 1 N–H and O–H groups in total. The third-order valence-corrected chi connectivity index (χ3v) is 4.06. The predicted molar refractivity (Wildman–Crippen MR) is 93.9 cm³/mol. The monoisotopic (exact) mass is 328 g/mol. The van der Waals surface area contributed by atoms with Crippen molar-refractivity contribution in [1.82, 2.24) is 10.2 Å². The van der Waals surface area contributed by atoms with Crippen LogP contribution >= 0.6 is 11.3 Å². The lowest BCUT2D eigenvalue weighted by molar-refractivity contribution is -0.134. The summed E-state index contributed by atoms with van der Waals surface area (Å²) in [7, 11) is 1.74. The highest BCUT2D eigenvalue weighted by molar-refractivity contribution is 7.07. The van der Waals surface area contributed by atoms with Gasteiger partial charge in [-0.2, -0.15) is 11.3 Å². The van der Waals surface area contributed by atoms with Crippen LogP contribution in [0, 0.1) is 0 Å². The van der Waals surface area contributed by atoms with Gasteiger partial charge in [0.05, 0.1) is 0 Å². The van der Waals surface area contributed by atoms with Gasteiger partial charge in [0.1, 0.15) is 6.04 Å². The second-order valence-electron chi connectivity index (χ2n) is 5.30. The fourth-order valence-corrected chi connectivity index (χ4v) is 2.78. The van der Waals surface area contributed by atoms with Crippen LogP contribution in [0.5, 0.6) is 0 Å². The number of carbonyl (C=O) groups excluding carboxylic acids is 2. The van der Waals surface area contributed by atoms with Crippen LogP contribution in [0.15, 0.2) is 53.2 Å². The molecular weight excluding hydrogens is 308 g/mol. The third-order valence-electron chi connectivity index (χ3n) is 3.33. The molecule has 4 nitrogen and oxygen atoms in total. The first-order valence-electron chi connectivity index (χ1n) is 7.36. The largest absolute Gasteiger partial charge is 0.341 e. The topological polar surface area (TPSA) is 49.4 Å². The molecule has 5 heteroatoms. The van der Waals surface area contributed by atoms with E-state index in [9.17, 15) is 9.59 Å². The summed E-state index contributed by atoms with van der Waals surface area (Å²) in [6.45, 7) is 2.24. The molecule has 1 aromatic heterocycles. The quantitative estimate of drug-likeness (QED) is 0.829. The average molecular weight is 328 g/mol. The van der Waals surface area contributed by atoms with Crippen molar-refractivity contribution in [2.75, 3.05) is 7.05 Å². The fraction of sp³-hybridized carbons (Fsp3) is 0.222. The first-order chi connectivity index (χ1) is 11.1. The van der Waals surface area contributed by atoms with E-state index in [0.29, 0.717) is 6.54 Å². The van der Waals surface area contributed by atoms with Crippen molar-refractivity contribution in [3.8, 4) is 0 Å².